The highest BCUT2D eigenvalue weighted by molar-refractivity contribution is 4.76. The van der Waals surface area contributed by atoms with E-state index in [0.717, 1.165) is 6.26 Å². The monoisotopic (exact) mass is 99.1 g/mol. The zero-order chi connectivity index (χ0) is 5.91. The summed E-state index contributed by atoms with van der Waals surface area (Å²) >= 11 is 0. The minimum Gasteiger partial charge on any atom is -0.515 e. The summed E-state index contributed by atoms with van der Waals surface area (Å²) in [6.45, 7) is 5.92. The van der Waals surface area contributed by atoms with Crippen LogP contribution in [0.5, 0.6) is 0 Å². The lowest BCUT2D eigenvalue weighted by Gasteiger charge is -2.07. The summed E-state index contributed by atoms with van der Waals surface area (Å²) in [5.74, 6) is 0. The molecule has 1 heteroatoms. The maximum atomic E-state index is 8.17. The summed E-state index contributed by atoms with van der Waals surface area (Å²) in [4.78, 5) is 0. The molecule has 0 aliphatic rings. The SMILES string of the molecule is CC(C)(C)[C]=CO. The van der Waals surface area contributed by atoms with E-state index in [1.54, 1.807) is 0 Å². The third kappa shape index (κ3) is 5.54. The van der Waals surface area contributed by atoms with Crippen LogP contribution >= 0.6 is 0 Å². The van der Waals surface area contributed by atoms with E-state index in [-0.39, 0.29) is 5.41 Å². The Kier molecular flexibility index (Phi) is 1.88. The van der Waals surface area contributed by atoms with Crippen molar-refractivity contribution in [2.45, 2.75) is 20.8 Å². The summed E-state index contributed by atoms with van der Waals surface area (Å²) in [6.07, 6.45) is 3.67. The van der Waals surface area contributed by atoms with Gasteiger partial charge in [-0.05, 0) is 11.5 Å². The molecule has 0 bridgehead atoms. The molecule has 0 aromatic rings. The van der Waals surface area contributed by atoms with Gasteiger partial charge in [0, 0.05) is 0 Å². The molecule has 0 spiro atoms. The minimum atomic E-state index is -0.00521. The molecule has 0 unspecified atom stereocenters. The van der Waals surface area contributed by atoms with E-state index >= 15 is 0 Å². The smallest absolute Gasteiger partial charge is 0.0833 e. The van der Waals surface area contributed by atoms with Gasteiger partial charge in [-0.25, -0.2) is 0 Å². The van der Waals surface area contributed by atoms with Gasteiger partial charge in [0.25, 0.3) is 0 Å². The number of allylic oxidation sites excluding steroid dienone is 1. The van der Waals surface area contributed by atoms with Crippen LogP contribution in [0.1, 0.15) is 20.8 Å². The lowest BCUT2D eigenvalue weighted by molar-refractivity contribution is 0.436. The maximum absolute atomic E-state index is 8.17. The third-order valence-electron chi connectivity index (χ3n) is 0.498. The van der Waals surface area contributed by atoms with Crippen molar-refractivity contribution in [3.63, 3.8) is 0 Å². The molecule has 41 valence electrons. The van der Waals surface area contributed by atoms with E-state index in [1.807, 2.05) is 20.8 Å². The molecule has 0 aromatic heterocycles. The van der Waals surface area contributed by atoms with Gasteiger partial charge in [0.1, 0.15) is 0 Å². The Balaban J connectivity index is 3.56. The van der Waals surface area contributed by atoms with Crippen LogP contribution in [0.3, 0.4) is 0 Å². The van der Waals surface area contributed by atoms with Gasteiger partial charge >= 0.3 is 0 Å². The minimum absolute atomic E-state index is 0.00521. The van der Waals surface area contributed by atoms with Gasteiger partial charge in [0.2, 0.25) is 0 Å². The maximum Gasteiger partial charge on any atom is 0.0833 e. The fourth-order valence-corrected chi connectivity index (χ4v) is 0.194. The Morgan fingerprint density at radius 2 is 1.86 bits per heavy atom. The summed E-state index contributed by atoms with van der Waals surface area (Å²) in [5.41, 5.74) is -0.00521. The van der Waals surface area contributed by atoms with Gasteiger partial charge in [0.15, 0.2) is 0 Å². The van der Waals surface area contributed by atoms with Gasteiger partial charge < -0.3 is 5.11 Å². The average molecular weight is 99.2 g/mol. The third-order valence-corrected chi connectivity index (χ3v) is 0.498. The second-order valence-electron chi connectivity index (χ2n) is 2.52. The molecule has 0 saturated carbocycles. The lowest BCUT2D eigenvalue weighted by atomic mass is 9.98. The van der Waals surface area contributed by atoms with Crippen LogP contribution in [0.4, 0.5) is 0 Å². The second kappa shape index (κ2) is 2.01. The van der Waals surface area contributed by atoms with Crippen LogP contribution in [0.2, 0.25) is 0 Å². The first-order chi connectivity index (χ1) is 3.06. The van der Waals surface area contributed by atoms with E-state index in [2.05, 4.69) is 6.08 Å². The summed E-state index contributed by atoms with van der Waals surface area (Å²) < 4.78 is 0. The molecular formula is C6H11O. The van der Waals surface area contributed by atoms with Crippen molar-refractivity contribution in [1.82, 2.24) is 0 Å². The molecule has 0 saturated heterocycles. The molecule has 0 aromatic carbocycles. The zero-order valence-corrected chi connectivity index (χ0v) is 5.02. The molecular weight excluding hydrogens is 88.1 g/mol. The highest BCUT2D eigenvalue weighted by Crippen LogP contribution is 2.11. The van der Waals surface area contributed by atoms with Gasteiger partial charge in [-0.15, -0.1) is 0 Å². The fourth-order valence-electron chi connectivity index (χ4n) is 0.194. The van der Waals surface area contributed by atoms with E-state index in [9.17, 15) is 0 Å². The molecule has 1 N–H and O–H groups in total. The van der Waals surface area contributed by atoms with Crippen molar-refractivity contribution in [2.24, 2.45) is 5.41 Å². The van der Waals surface area contributed by atoms with Crippen molar-refractivity contribution < 1.29 is 5.11 Å². The number of aliphatic hydroxyl groups excluding tert-OH is 1. The summed E-state index contributed by atoms with van der Waals surface area (Å²) in [5, 5.41) is 8.17. The van der Waals surface area contributed by atoms with Crippen molar-refractivity contribution in [3.8, 4) is 0 Å². The summed E-state index contributed by atoms with van der Waals surface area (Å²) in [6, 6.07) is 0. The van der Waals surface area contributed by atoms with Gasteiger partial charge in [-0.3, -0.25) is 0 Å². The van der Waals surface area contributed by atoms with Gasteiger partial charge in [-0.2, -0.15) is 0 Å². The molecule has 0 fully saturated rings. The number of hydrogen-bond acceptors (Lipinski definition) is 1. The van der Waals surface area contributed by atoms with Crippen LogP contribution in [-0.4, -0.2) is 5.11 Å². The van der Waals surface area contributed by atoms with Crippen molar-refractivity contribution in [3.05, 3.63) is 12.3 Å². The van der Waals surface area contributed by atoms with Gasteiger partial charge in [0.05, 0.1) is 6.26 Å². The zero-order valence-electron chi connectivity index (χ0n) is 5.02. The number of hydrogen-bond donors (Lipinski definition) is 1. The molecule has 0 amide bonds. The van der Waals surface area contributed by atoms with E-state index in [0.29, 0.717) is 0 Å². The normalized spacial score (nSPS) is 13.0. The highest BCUT2D eigenvalue weighted by Gasteiger charge is 2.02. The van der Waals surface area contributed by atoms with Crippen LogP contribution in [0, 0.1) is 11.5 Å². The quantitative estimate of drug-likeness (QED) is 0.460. The molecule has 0 aliphatic heterocycles. The molecule has 0 rings (SSSR count). The van der Waals surface area contributed by atoms with Crippen LogP contribution in [-0.2, 0) is 0 Å². The molecule has 0 aliphatic carbocycles. The Hall–Kier alpha value is -0.460. The first kappa shape index (κ1) is 6.54. The van der Waals surface area contributed by atoms with E-state index in [1.165, 1.54) is 0 Å². The summed E-state index contributed by atoms with van der Waals surface area (Å²) in [7, 11) is 0. The number of aliphatic hydroxyl groups is 1. The standard InChI is InChI=1S/C6H11O/c1-6(2,3)4-5-7/h5,7H,1-3H3. The lowest BCUT2D eigenvalue weighted by Crippen LogP contribution is -1.98. The molecule has 1 nitrogen and oxygen atoms in total. The Morgan fingerprint density at radius 1 is 1.43 bits per heavy atom. The fraction of sp³-hybridized carbons (Fsp3) is 0.667. The van der Waals surface area contributed by atoms with Crippen molar-refractivity contribution in [1.29, 1.82) is 0 Å². The van der Waals surface area contributed by atoms with Crippen molar-refractivity contribution >= 4 is 0 Å². The van der Waals surface area contributed by atoms with E-state index < -0.39 is 0 Å². The van der Waals surface area contributed by atoms with Crippen LogP contribution in [0.25, 0.3) is 0 Å². The Bertz CT molecular complexity index is 66.7. The first-order valence-electron chi connectivity index (χ1n) is 2.30. The van der Waals surface area contributed by atoms with E-state index in [4.69, 9.17) is 5.11 Å². The van der Waals surface area contributed by atoms with Crippen LogP contribution in [0.15, 0.2) is 6.26 Å². The largest absolute Gasteiger partial charge is 0.515 e. The molecule has 1 radical (unpaired) electrons. The Morgan fingerprint density at radius 3 is 1.86 bits per heavy atom. The topological polar surface area (TPSA) is 20.2 Å². The predicted octanol–water partition coefficient (Wildman–Crippen LogP) is 1.91. The predicted molar refractivity (Wildman–Crippen MR) is 29.9 cm³/mol. The molecule has 0 heterocycles. The van der Waals surface area contributed by atoms with Gasteiger partial charge in [-0.1, -0.05) is 20.8 Å². The Labute approximate surface area is 44.7 Å². The highest BCUT2D eigenvalue weighted by atomic mass is 16.2. The van der Waals surface area contributed by atoms with Crippen molar-refractivity contribution in [2.75, 3.05) is 0 Å². The molecule has 7 heavy (non-hydrogen) atoms. The average Bonchev–Trinajstić information content (AvgIpc) is 1.30. The number of rotatable bonds is 0. The van der Waals surface area contributed by atoms with Crippen LogP contribution < -0.4 is 0 Å². The first-order valence-corrected chi connectivity index (χ1v) is 2.30. The molecule has 0 atom stereocenters. The second-order valence-corrected chi connectivity index (χ2v) is 2.52.